The molecule has 0 saturated carbocycles. The van der Waals surface area contributed by atoms with E-state index in [4.69, 9.17) is 4.74 Å². The molecule has 0 unspecified atom stereocenters. The van der Waals surface area contributed by atoms with E-state index in [1.807, 2.05) is 44.2 Å². The van der Waals surface area contributed by atoms with Gasteiger partial charge in [0.25, 0.3) is 0 Å². The predicted molar refractivity (Wildman–Crippen MR) is 110 cm³/mol. The van der Waals surface area contributed by atoms with Gasteiger partial charge in [-0.25, -0.2) is 4.79 Å². The number of hydrogen-bond donors (Lipinski definition) is 2. The Labute approximate surface area is 169 Å². The number of benzene rings is 1. The first-order valence-corrected chi connectivity index (χ1v) is 10.5. The molecule has 0 aliphatic heterocycles. The van der Waals surface area contributed by atoms with Crippen molar-refractivity contribution < 1.29 is 14.3 Å². The van der Waals surface area contributed by atoms with Crippen LogP contribution in [0.2, 0.25) is 0 Å². The lowest BCUT2D eigenvalue weighted by molar-refractivity contribution is -0.119. The van der Waals surface area contributed by atoms with Crippen molar-refractivity contribution in [3.8, 4) is 0 Å². The number of nitrogens with zero attached hydrogens (tertiary/aromatic N) is 2. The molecule has 2 aromatic rings. The number of aromatic nitrogens is 2. The number of ether oxygens (including phenoxy) is 1. The summed E-state index contributed by atoms with van der Waals surface area (Å²) in [5.41, 5.74) is 0.885. The molecule has 28 heavy (non-hydrogen) atoms. The summed E-state index contributed by atoms with van der Waals surface area (Å²) in [7, 11) is 0. The molecule has 0 radical (unpaired) electrons. The quantitative estimate of drug-likeness (QED) is 0.620. The van der Waals surface area contributed by atoms with E-state index in [0.29, 0.717) is 5.13 Å². The van der Waals surface area contributed by atoms with E-state index in [2.05, 4.69) is 27.8 Å². The van der Waals surface area contributed by atoms with Gasteiger partial charge in [0, 0.05) is 6.42 Å². The number of unbranched alkanes of at least 4 members (excludes halogenated alkanes) is 1. The summed E-state index contributed by atoms with van der Waals surface area (Å²) in [6.07, 6.45) is 3.07. The van der Waals surface area contributed by atoms with Gasteiger partial charge in [0.1, 0.15) is 17.7 Å². The van der Waals surface area contributed by atoms with Gasteiger partial charge in [-0.15, -0.1) is 10.2 Å². The van der Waals surface area contributed by atoms with Crippen LogP contribution in [-0.4, -0.2) is 28.2 Å². The first-order valence-electron chi connectivity index (χ1n) is 9.63. The molecular formula is C20H28N4O3S. The maximum atomic E-state index is 12.7. The lowest BCUT2D eigenvalue weighted by Crippen LogP contribution is -2.47. The van der Waals surface area contributed by atoms with E-state index in [-0.39, 0.29) is 18.4 Å². The maximum Gasteiger partial charge on any atom is 0.408 e. The van der Waals surface area contributed by atoms with Gasteiger partial charge in [0.15, 0.2) is 0 Å². The number of anilines is 1. The molecule has 0 saturated heterocycles. The molecule has 1 aromatic heterocycles. The Bertz CT molecular complexity index is 751. The zero-order valence-electron chi connectivity index (χ0n) is 16.6. The van der Waals surface area contributed by atoms with Crippen molar-refractivity contribution in [3.05, 3.63) is 40.9 Å². The predicted octanol–water partition coefficient (Wildman–Crippen LogP) is 4.16. The number of amides is 2. The highest BCUT2D eigenvalue weighted by molar-refractivity contribution is 7.15. The van der Waals surface area contributed by atoms with Gasteiger partial charge < -0.3 is 10.1 Å². The van der Waals surface area contributed by atoms with E-state index >= 15 is 0 Å². The number of hydrogen-bond acceptors (Lipinski definition) is 6. The highest BCUT2D eigenvalue weighted by Crippen LogP contribution is 2.18. The zero-order valence-corrected chi connectivity index (χ0v) is 17.4. The van der Waals surface area contributed by atoms with Crippen LogP contribution >= 0.6 is 11.3 Å². The summed E-state index contributed by atoms with van der Waals surface area (Å²) in [6, 6.07) is 8.69. The van der Waals surface area contributed by atoms with Crippen molar-refractivity contribution in [1.82, 2.24) is 15.5 Å². The summed E-state index contributed by atoms with van der Waals surface area (Å²) in [6.45, 7) is 6.14. The van der Waals surface area contributed by atoms with Gasteiger partial charge >= 0.3 is 6.09 Å². The standard InChI is InChI=1S/C20H28N4O3S/c1-4-6-12-16-23-24-19(28-16)22-18(25)17(14(3)5-2)21-20(26)27-13-15-10-8-7-9-11-15/h7-11,14,17H,4-6,12-13H2,1-3H3,(H,21,26)(H,22,24,25)/t14-,17-/m0/s1. The summed E-state index contributed by atoms with van der Waals surface area (Å²) >= 11 is 1.37. The molecule has 1 aromatic carbocycles. The SMILES string of the molecule is CCCCc1nnc(NC(=O)[C@@H](NC(=O)OCc2ccccc2)[C@@H](C)CC)s1. The highest BCUT2D eigenvalue weighted by atomic mass is 32.1. The van der Waals surface area contributed by atoms with Crippen LogP contribution in [0.25, 0.3) is 0 Å². The summed E-state index contributed by atoms with van der Waals surface area (Å²) in [5, 5.41) is 14.9. The Kier molecular flexibility index (Phi) is 8.87. The van der Waals surface area contributed by atoms with Crippen LogP contribution in [-0.2, 0) is 22.6 Å². The van der Waals surface area contributed by atoms with Gasteiger partial charge in [-0.3, -0.25) is 10.1 Å². The van der Waals surface area contributed by atoms with Crippen LogP contribution < -0.4 is 10.6 Å². The monoisotopic (exact) mass is 404 g/mol. The summed E-state index contributed by atoms with van der Waals surface area (Å²) in [4.78, 5) is 24.9. The second kappa shape index (κ2) is 11.4. The fourth-order valence-electron chi connectivity index (χ4n) is 2.51. The Morgan fingerprint density at radius 2 is 1.93 bits per heavy atom. The van der Waals surface area contributed by atoms with Crippen molar-refractivity contribution in [3.63, 3.8) is 0 Å². The molecule has 0 aliphatic carbocycles. The fourth-order valence-corrected chi connectivity index (χ4v) is 3.29. The Balaban J connectivity index is 1.93. The smallest absolute Gasteiger partial charge is 0.408 e. The molecule has 8 heteroatoms. The van der Waals surface area contributed by atoms with E-state index in [9.17, 15) is 9.59 Å². The van der Waals surface area contributed by atoms with Gasteiger partial charge in [0.05, 0.1) is 0 Å². The van der Waals surface area contributed by atoms with Crippen molar-refractivity contribution in [2.75, 3.05) is 5.32 Å². The number of alkyl carbamates (subject to hydrolysis) is 1. The van der Waals surface area contributed by atoms with Crippen LogP contribution in [0.3, 0.4) is 0 Å². The molecule has 152 valence electrons. The number of carbonyl (C=O) groups is 2. The molecular weight excluding hydrogens is 376 g/mol. The van der Waals surface area contributed by atoms with Gasteiger partial charge in [-0.05, 0) is 17.9 Å². The first kappa shape index (κ1) is 21.8. The van der Waals surface area contributed by atoms with Gasteiger partial charge in [-0.1, -0.05) is 75.3 Å². The molecule has 2 amide bonds. The second-order valence-corrected chi connectivity index (χ2v) is 7.73. The highest BCUT2D eigenvalue weighted by Gasteiger charge is 2.27. The molecule has 7 nitrogen and oxygen atoms in total. The molecule has 0 fully saturated rings. The Morgan fingerprint density at radius 3 is 2.61 bits per heavy atom. The van der Waals surface area contributed by atoms with Crippen LogP contribution in [0.15, 0.2) is 30.3 Å². The molecule has 2 rings (SSSR count). The number of aryl methyl sites for hydroxylation is 1. The third-order valence-corrected chi connectivity index (χ3v) is 5.32. The third kappa shape index (κ3) is 6.92. The number of carbonyl (C=O) groups excluding carboxylic acids is 2. The second-order valence-electron chi connectivity index (χ2n) is 6.66. The third-order valence-electron chi connectivity index (χ3n) is 4.42. The van der Waals surface area contributed by atoms with Crippen LogP contribution in [0.5, 0.6) is 0 Å². The topological polar surface area (TPSA) is 93.2 Å². The van der Waals surface area contributed by atoms with Crippen LogP contribution in [0, 0.1) is 5.92 Å². The van der Waals surface area contributed by atoms with Gasteiger partial charge in [-0.2, -0.15) is 0 Å². The minimum atomic E-state index is -0.712. The normalized spacial score (nSPS) is 12.8. The molecule has 2 atom stereocenters. The lowest BCUT2D eigenvalue weighted by Gasteiger charge is -2.22. The Hall–Kier alpha value is -2.48. The van der Waals surface area contributed by atoms with Crippen LogP contribution in [0.1, 0.15) is 50.6 Å². The molecule has 0 spiro atoms. The molecule has 1 heterocycles. The summed E-state index contributed by atoms with van der Waals surface area (Å²) in [5.74, 6) is -0.374. The van der Waals surface area contributed by atoms with Crippen molar-refractivity contribution >= 4 is 28.5 Å². The van der Waals surface area contributed by atoms with Crippen LogP contribution in [0.4, 0.5) is 9.93 Å². The van der Waals surface area contributed by atoms with Crippen molar-refractivity contribution in [1.29, 1.82) is 0 Å². The summed E-state index contributed by atoms with van der Waals surface area (Å²) < 4.78 is 5.25. The minimum absolute atomic E-state index is 0.0586. The van der Waals surface area contributed by atoms with E-state index < -0.39 is 12.1 Å². The minimum Gasteiger partial charge on any atom is -0.445 e. The van der Waals surface area contributed by atoms with Crippen molar-refractivity contribution in [2.24, 2.45) is 5.92 Å². The fraction of sp³-hybridized carbons (Fsp3) is 0.500. The van der Waals surface area contributed by atoms with Gasteiger partial charge in [0.2, 0.25) is 11.0 Å². The number of nitrogens with one attached hydrogen (secondary N) is 2. The van der Waals surface area contributed by atoms with E-state index in [1.54, 1.807) is 0 Å². The maximum absolute atomic E-state index is 12.7. The average molecular weight is 405 g/mol. The molecule has 2 N–H and O–H groups in total. The average Bonchev–Trinajstić information content (AvgIpc) is 3.16. The van der Waals surface area contributed by atoms with E-state index in [0.717, 1.165) is 36.3 Å². The zero-order chi connectivity index (χ0) is 20.4. The van der Waals surface area contributed by atoms with E-state index in [1.165, 1.54) is 11.3 Å². The Morgan fingerprint density at radius 1 is 1.18 bits per heavy atom. The number of rotatable bonds is 10. The van der Waals surface area contributed by atoms with Crippen molar-refractivity contribution in [2.45, 2.75) is 59.1 Å². The molecule has 0 aliphatic rings. The molecule has 0 bridgehead atoms. The first-order chi connectivity index (χ1) is 13.5. The largest absolute Gasteiger partial charge is 0.445 e. The lowest BCUT2D eigenvalue weighted by atomic mass is 9.98.